The Balaban J connectivity index is 1.81. The number of nitriles is 1. The van der Waals surface area contributed by atoms with Crippen LogP contribution in [0.3, 0.4) is 0 Å². The second kappa shape index (κ2) is 5.36. The molecule has 0 unspecified atom stereocenters. The Labute approximate surface area is 149 Å². The van der Waals surface area contributed by atoms with Crippen LogP contribution in [-0.2, 0) is 16.2 Å². The van der Waals surface area contributed by atoms with E-state index in [1.165, 1.54) is 12.1 Å². The van der Waals surface area contributed by atoms with Gasteiger partial charge in [0, 0.05) is 12.0 Å². The molecule has 2 bridgehead atoms. The van der Waals surface area contributed by atoms with Crippen LogP contribution in [0.1, 0.15) is 30.9 Å². The zero-order valence-corrected chi connectivity index (χ0v) is 14.6. The topological polar surface area (TPSA) is 81.4 Å². The first-order chi connectivity index (χ1) is 12.1. The number of rotatable bonds is 1. The fraction of sp³-hybridized carbons (Fsp3) is 0.588. The molecular formula is C17H17F3N2O3S. The third kappa shape index (κ3) is 2.21. The minimum atomic E-state index is -4.75. The van der Waals surface area contributed by atoms with Gasteiger partial charge < -0.3 is 5.11 Å². The minimum absolute atomic E-state index is 0.0767. The van der Waals surface area contributed by atoms with Gasteiger partial charge >= 0.3 is 6.18 Å². The molecule has 2 aliphatic carbocycles. The molecule has 2 saturated carbocycles. The predicted molar refractivity (Wildman–Crippen MR) is 86.5 cm³/mol. The van der Waals surface area contributed by atoms with Gasteiger partial charge in [0.15, 0.2) is 0 Å². The van der Waals surface area contributed by atoms with E-state index < -0.39 is 44.7 Å². The first-order valence-corrected chi connectivity index (χ1v) is 9.90. The minimum Gasteiger partial charge on any atom is -0.393 e. The van der Waals surface area contributed by atoms with Crippen LogP contribution in [0.2, 0.25) is 0 Å². The Morgan fingerprint density at radius 2 is 2.00 bits per heavy atom. The van der Waals surface area contributed by atoms with Crippen molar-refractivity contribution >= 4 is 15.7 Å². The Morgan fingerprint density at radius 3 is 2.62 bits per heavy atom. The van der Waals surface area contributed by atoms with Gasteiger partial charge in [-0.25, -0.2) is 8.42 Å². The first kappa shape index (κ1) is 17.6. The number of alkyl halides is 3. The van der Waals surface area contributed by atoms with Crippen LogP contribution >= 0.6 is 0 Å². The van der Waals surface area contributed by atoms with Crippen LogP contribution in [0.4, 0.5) is 18.9 Å². The number of sulfonamides is 1. The number of benzene rings is 1. The van der Waals surface area contributed by atoms with E-state index in [1.807, 2.05) is 0 Å². The lowest BCUT2D eigenvalue weighted by molar-refractivity contribution is -0.137. The summed E-state index contributed by atoms with van der Waals surface area (Å²) in [6.45, 7) is 1.68. The molecule has 3 fully saturated rings. The van der Waals surface area contributed by atoms with E-state index in [0.29, 0.717) is 12.8 Å². The van der Waals surface area contributed by atoms with Crippen molar-refractivity contribution in [1.82, 2.24) is 0 Å². The molecule has 1 saturated heterocycles. The molecule has 1 heterocycles. The van der Waals surface area contributed by atoms with E-state index in [0.717, 1.165) is 16.4 Å². The zero-order chi connectivity index (χ0) is 19.0. The summed E-state index contributed by atoms with van der Waals surface area (Å²) < 4.78 is 67.0. The molecule has 0 amide bonds. The van der Waals surface area contributed by atoms with Gasteiger partial charge in [0.2, 0.25) is 10.0 Å². The maximum atomic E-state index is 13.3. The number of nitrogens with zero attached hydrogens (tertiary/aromatic N) is 2. The van der Waals surface area contributed by atoms with Crippen molar-refractivity contribution < 1.29 is 26.7 Å². The Hall–Kier alpha value is -1.79. The fourth-order valence-corrected chi connectivity index (χ4v) is 8.11. The lowest BCUT2D eigenvalue weighted by Gasteiger charge is -2.29. The Kier molecular flexibility index (Phi) is 3.63. The van der Waals surface area contributed by atoms with Crippen molar-refractivity contribution in [2.75, 3.05) is 4.31 Å². The van der Waals surface area contributed by atoms with Crippen LogP contribution in [0.25, 0.3) is 0 Å². The number of hydrogen-bond donors (Lipinski definition) is 1. The summed E-state index contributed by atoms with van der Waals surface area (Å²) in [5.41, 5.74) is -1.76. The molecule has 9 heteroatoms. The summed E-state index contributed by atoms with van der Waals surface area (Å²) in [5.74, 6) is -0.586. The number of anilines is 1. The molecule has 3 aliphatic rings. The Morgan fingerprint density at radius 1 is 1.31 bits per heavy atom. The molecule has 1 aliphatic heterocycles. The SMILES string of the molecule is C[C@H]1[C@@H]2[C@H]3C[C@H](C[C@@H]3O)[C@@H]2S(=O)(=O)N1c1ccc(C#N)c(C(F)(F)F)c1. The molecule has 0 radical (unpaired) electrons. The molecule has 0 aromatic heterocycles. The second-order valence-electron chi connectivity index (χ2n) is 7.43. The van der Waals surface area contributed by atoms with E-state index in [1.54, 1.807) is 6.92 Å². The molecule has 26 heavy (non-hydrogen) atoms. The van der Waals surface area contributed by atoms with Gasteiger partial charge in [-0.3, -0.25) is 4.31 Å². The van der Waals surface area contributed by atoms with Crippen molar-refractivity contribution in [2.45, 2.75) is 43.3 Å². The second-order valence-corrected chi connectivity index (χ2v) is 9.39. The molecule has 1 N–H and O–H groups in total. The highest BCUT2D eigenvalue weighted by Gasteiger charge is 2.65. The first-order valence-electron chi connectivity index (χ1n) is 8.40. The monoisotopic (exact) mass is 386 g/mol. The fourth-order valence-electron chi connectivity index (χ4n) is 5.30. The van der Waals surface area contributed by atoms with E-state index in [9.17, 15) is 26.7 Å². The number of hydrogen-bond acceptors (Lipinski definition) is 4. The third-order valence-electron chi connectivity index (χ3n) is 6.18. The van der Waals surface area contributed by atoms with Gasteiger partial charge in [-0.05, 0) is 49.8 Å². The lowest BCUT2D eigenvalue weighted by Crippen LogP contribution is -2.37. The molecule has 5 nitrogen and oxygen atoms in total. The third-order valence-corrected chi connectivity index (χ3v) is 8.66. The van der Waals surface area contributed by atoms with E-state index >= 15 is 0 Å². The van der Waals surface area contributed by atoms with Crippen molar-refractivity contribution in [3.05, 3.63) is 29.3 Å². The van der Waals surface area contributed by atoms with Crippen LogP contribution in [0.5, 0.6) is 0 Å². The van der Waals surface area contributed by atoms with Crippen molar-refractivity contribution in [3.8, 4) is 6.07 Å². The average molecular weight is 386 g/mol. The molecule has 4 rings (SSSR count). The highest BCUT2D eigenvalue weighted by Crippen LogP contribution is 2.58. The van der Waals surface area contributed by atoms with E-state index in [4.69, 9.17) is 5.26 Å². The number of halogens is 3. The highest BCUT2D eigenvalue weighted by atomic mass is 32.2. The highest BCUT2D eigenvalue weighted by molar-refractivity contribution is 7.93. The number of fused-ring (bicyclic) bond motifs is 5. The molecule has 6 atom stereocenters. The average Bonchev–Trinajstić information content (AvgIpc) is 3.16. The smallest absolute Gasteiger partial charge is 0.393 e. The summed E-state index contributed by atoms with van der Waals surface area (Å²) in [7, 11) is -3.83. The van der Waals surface area contributed by atoms with Crippen LogP contribution < -0.4 is 4.31 Å². The zero-order valence-electron chi connectivity index (χ0n) is 13.8. The van der Waals surface area contributed by atoms with Gasteiger partial charge in [-0.2, -0.15) is 18.4 Å². The van der Waals surface area contributed by atoms with E-state index in [-0.39, 0.29) is 23.4 Å². The molecule has 1 aromatic carbocycles. The maximum Gasteiger partial charge on any atom is 0.417 e. The Bertz CT molecular complexity index is 909. The van der Waals surface area contributed by atoms with Gasteiger partial charge in [-0.15, -0.1) is 0 Å². The van der Waals surface area contributed by atoms with Crippen molar-refractivity contribution in [2.24, 2.45) is 17.8 Å². The summed E-state index contributed by atoms with van der Waals surface area (Å²) in [6.07, 6.45) is -4.23. The summed E-state index contributed by atoms with van der Waals surface area (Å²) >= 11 is 0. The van der Waals surface area contributed by atoms with Gasteiger partial charge in [-0.1, -0.05) is 0 Å². The standard InChI is InChI=1S/C17H17F3N2O3S/c1-8-15-12-4-10(5-14(12)23)16(15)26(24,25)22(8)11-3-2-9(7-21)13(6-11)17(18,19)20/h2-3,6,8,10,12,14-16,23H,4-5H2,1H3/t8-,10+,12-,14-,15+,16-/m0/s1. The maximum absolute atomic E-state index is 13.3. The molecule has 0 spiro atoms. The summed E-state index contributed by atoms with van der Waals surface area (Å²) in [5, 5.41) is 18.4. The van der Waals surface area contributed by atoms with Crippen molar-refractivity contribution in [1.29, 1.82) is 5.26 Å². The number of aliphatic hydroxyl groups excluding tert-OH is 1. The largest absolute Gasteiger partial charge is 0.417 e. The predicted octanol–water partition coefficient (Wildman–Crippen LogP) is 2.50. The summed E-state index contributed by atoms with van der Waals surface area (Å²) in [6, 6.07) is 3.97. The molecule has 1 aromatic rings. The van der Waals surface area contributed by atoms with Crippen LogP contribution in [-0.4, -0.2) is 30.9 Å². The summed E-state index contributed by atoms with van der Waals surface area (Å²) in [4.78, 5) is 0. The van der Waals surface area contributed by atoms with Crippen LogP contribution in [0, 0.1) is 29.1 Å². The molecular weight excluding hydrogens is 369 g/mol. The van der Waals surface area contributed by atoms with Crippen molar-refractivity contribution in [3.63, 3.8) is 0 Å². The number of aliphatic hydroxyl groups is 1. The van der Waals surface area contributed by atoms with Crippen LogP contribution in [0.15, 0.2) is 18.2 Å². The van der Waals surface area contributed by atoms with Gasteiger partial charge in [0.25, 0.3) is 0 Å². The molecule has 140 valence electrons. The van der Waals surface area contributed by atoms with E-state index in [2.05, 4.69) is 0 Å². The lowest BCUT2D eigenvalue weighted by atomic mass is 9.82. The van der Waals surface area contributed by atoms with Gasteiger partial charge in [0.05, 0.1) is 34.2 Å². The quantitative estimate of drug-likeness (QED) is 0.804. The normalized spacial score (nSPS) is 37.6. The van der Waals surface area contributed by atoms with Gasteiger partial charge in [0.1, 0.15) is 0 Å².